The molecule has 3 aromatic rings. The van der Waals surface area contributed by atoms with E-state index in [1.807, 2.05) is 65.0 Å². The van der Waals surface area contributed by atoms with Crippen molar-refractivity contribution in [1.82, 2.24) is 9.71 Å². The number of nitrogens with one attached hydrogen (secondary N) is 1. The largest absolute Gasteiger partial charge is 0.460 e. The molecule has 1 aromatic heterocycles. The lowest BCUT2D eigenvalue weighted by atomic mass is 9.86. The van der Waals surface area contributed by atoms with Gasteiger partial charge in [-0.3, -0.25) is 9.78 Å². The van der Waals surface area contributed by atoms with E-state index in [-0.39, 0.29) is 42.9 Å². The van der Waals surface area contributed by atoms with Crippen molar-refractivity contribution in [3.63, 3.8) is 0 Å². The Morgan fingerprint density at radius 3 is 2.49 bits per heavy atom. The van der Waals surface area contributed by atoms with Crippen LogP contribution in [0.25, 0.3) is 28.5 Å². The first-order valence-corrected chi connectivity index (χ1v) is 18.9. The minimum Gasteiger partial charge on any atom is -0.460 e. The summed E-state index contributed by atoms with van der Waals surface area (Å²) in [5, 5.41) is 0. The summed E-state index contributed by atoms with van der Waals surface area (Å²) < 4.78 is 58.6. The van der Waals surface area contributed by atoms with Crippen LogP contribution in [0.2, 0.25) is 0 Å². The first kappa shape index (κ1) is 36.8. The lowest BCUT2D eigenvalue weighted by molar-refractivity contribution is -0.290. The van der Waals surface area contributed by atoms with Gasteiger partial charge in [0.2, 0.25) is 10.0 Å². The zero-order valence-corrected chi connectivity index (χ0v) is 30.7. The average Bonchev–Trinajstić information content (AvgIpc) is 3.15. The van der Waals surface area contributed by atoms with Gasteiger partial charge in [-0.25, -0.2) is 17.5 Å². The van der Waals surface area contributed by atoms with Gasteiger partial charge in [-0.15, -0.1) is 0 Å². The van der Waals surface area contributed by atoms with Crippen molar-refractivity contribution in [2.24, 2.45) is 0 Å². The van der Waals surface area contributed by atoms with Gasteiger partial charge in [0, 0.05) is 24.1 Å². The number of fused-ring (bicyclic) bond motifs is 3. The highest BCUT2D eigenvalue weighted by Gasteiger charge is 2.36. The lowest BCUT2D eigenvalue weighted by Gasteiger charge is -2.40. The Hall–Kier alpha value is -3.44. The van der Waals surface area contributed by atoms with Gasteiger partial charge in [-0.05, 0) is 106 Å². The number of carbonyl (C=O) groups is 1. The molecule has 8 nitrogen and oxygen atoms in total. The number of rotatable bonds is 9. The quantitative estimate of drug-likeness (QED) is 0.228. The fraction of sp³-hybridized carbons (Fsp3) is 0.487. The third kappa shape index (κ3) is 9.63. The van der Waals surface area contributed by atoms with E-state index in [9.17, 15) is 17.6 Å². The topological polar surface area (TPSA) is 104 Å². The molecule has 2 atom stereocenters. The number of hydrogen-bond acceptors (Lipinski definition) is 7. The Kier molecular flexibility index (Phi) is 10.8. The molecule has 0 amide bonds. The van der Waals surface area contributed by atoms with Crippen LogP contribution in [0.1, 0.15) is 102 Å². The Morgan fingerprint density at radius 1 is 1.12 bits per heavy atom. The molecule has 2 aliphatic rings. The number of aryl methyl sites for hydroxylation is 1. The number of pyridine rings is 1. The Balaban J connectivity index is 1.61. The van der Waals surface area contributed by atoms with Crippen LogP contribution in [0.3, 0.4) is 0 Å². The first-order valence-electron chi connectivity index (χ1n) is 17.0. The number of sulfonamides is 1. The van der Waals surface area contributed by atoms with Gasteiger partial charge in [0.05, 0.1) is 36.3 Å². The Labute approximate surface area is 290 Å². The lowest BCUT2D eigenvalue weighted by Crippen LogP contribution is -2.45. The van der Waals surface area contributed by atoms with Gasteiger partial charge in [-0.1, -0.05) is 50.3 Å². The van der Waals surface area contributed by atoms with Crippen LogP contribution in [0.5, 0.6) is 0 Å². The van der Waals surface area contributed by atoms with Crippen LogP contribution in [-0.4, -0.2) is 49.2 Å². The summed E-state index contributed by atoms with van der Waals surface area (Å²) in [4.78, 5) is 18.1. The molecule has 0 bridgehead atoms. The van der Waals surface area contributed by atoms with Crippen molar-refractivity contribution in [3.05, 3.63) is 82.3 Å². The van der Waals surface area contributed by atoms with Gasteiger partial charge >= 0.3 is 5.97 Å². The second-order valence-corrected chi connectivity index (χ2v) is 16.7. The standard InChI is InChI=1S/C39H49FN2O6S/c1-24(2)36-32(19-18-29-21-30(47-39(6,7)46-29)22-34(43)48-38(3,4)5)35(27-14-16-28(40)17-15-27)31-11-9-10-26-13-12-25(23-41-49(8,44)45)20-33(26)37(31)42-36/h12-20,24,29-30,41H,9-11,21-23H2,1-8H3/t29-,30-/m1/s1. The van der Waals surface area contributed by atoms with E-state index in [4.69, 9.17) is 19.2 Å². The molecule has 5 rings (SSSR count). The summed E-state index contributed by atoms with van der Waals surface area (Å²) in [6.07, 6.45) is 7.60. The molecule has 10 heteroatoms. The van der Waals surface area contributed by atoms with E-state index in [1.165, 1.54) is 12.1 Å². The number of benzene rings is 2. The zero-order chi connectivity index (χ0) is 35.7. The Bertz CT molecular complexity index is 1830. The predicted octanol–water partition coefficient (Wildman–Crippen LogP) is 7.87. The second-order valence-electron chi connectivity index (χ2n) is 14.9. The minimum atomic E-state index is -3.37. The van der Waals surface area contributed by atoms with Gasteiger partial charge in [-0.2, -0.15) is 0 Å². The molecule has 1 aliphatic heterocycles. The number of hydrogen-bond donors (Lipinski definition) is 1. The van der Waals surface area contributed by atoms with Crippen LogP contribution in [-0.2, 0) is 48.4 Å². The second kappa shape index (κ2) is 14.4. The number of aromatic nitrogens is 1. The fourth-order valence-electron chi connectivity index (χ4n) is 6.69. The molecule has 1 saturated heterocycles. The normalized spacial score (nSPS) is 19.4. The molecular weight excluding hydrogens is 644 g/mol. The molecular formula is C39H49FN2O6S. The predicted molar refractivity (Wildman–Crippen MR) is 191 cm³/mol. The monoisotopic (exact) mass is 692 g/mol. The third-order valence-corrected chi connectivity index (χ3v) is 9.23. The summed E-state index contributed by atoms with van der Waals surface area (Å²) in [5.74, 6) is -1.51. The van der Waals surface area contributed by atoms with Gasteiger partial charge in [0.1, 0.15) is 11.4 Å². The van der Waals surface area contributed by atoms with Crippen molar-refractivity contribution in [3.8, 4) is 22.4 Å². The highest BCUT2D eigenvalue weighted by Crippen LogP contribution is 2.42. The number of nitrogens with zero attached hydrogens (tertiary/aromatic N) is 1. The van der Waals surface area contributed by atoms with Crippen molar-refractivity contribution in [2.45, 2.75) is 117 Å². The van der Waals surface area contributed by atoms with Crippen molar-refractivity contribution >= 4 is 22.1 Å². The highest BCUT2D eigenvalue weighted by atomic mass is 32.2. The molecule has 1 aliphatic carbocycles. The van der Waals surface area contributed by atoms with Crippen molar-refractivity contribution in [2.75, 3.05) is 6.26 Å². The zero-order valence-electron chi connectivity index (χ0n) is 29.9. The van der Waals surface area contributed by atoms with Crippen molar-refractivity contribution in [1.29, 1.82) is 0 Å². The van der Waals surface area contributed by atoms with Crippen LogP contribution >= 0.6 is 0 Å². The number of ether oxygens (including phenoxy) is 3. The SMILES string of the molecule is CC(C)c1nc2c(c(-c3ccc(F)cc3)c1C=C[C@@H]1C[C@H](CC(=O)OC(C)(C)C)OC(C)(C)O1)CCCc1ccc(CNS(C)(=O)=O)cc1-2. The number of halogens is 1. The van der Waals surface area contributed by atoms with E-state index in [1.54, 1.807) is 0 Å². The molecule has 49 heavy (non-hydrogen) atoms. The molecule has 0 radical (unpaired) electrons. The average molecular weight is 693 g/mol. The smallest absolute Gasteiger partial charge is 0.308 e. The fourth-order valence-corrected chi connectivity index (χ4v) is 7.11. The Morgan fingerprint density at radius 2 is 1.84 bits per heavy atom. The van der Waals surface area contributed by atoms with Gasteiger partial charge < -0.3 is 14.2 Å². The summed E-state index contributed by atoms with van der Waals surface area (Å²) in [5.41, 5.74) is 8.05. The van der Waals surface area contributed by atoms with E-state index in [0.717, 1.165) is 75.9 Å². The summed E-state index contributed by atoms with van der Waals surface area (Å²) >= 11 is 0. The van der Waals surface area contributed by atoms with Crippen LogP contribution < -0.4 is 4.72 Å². The van der Waals surface area contributed by atoms with Crippen molar-refractivity contribution < 1.29 is 31.8 Å². The maximum absolute atomic E-state index is 14.3. The van der Waals surface area contributed by atoms with E-state index >= 15 is 0 Å². The van der Waals surface area contributed by atoms with Crippen LogP contribution in [0.4, 0.5) is 4.39 Å². The third-order valence-electron chi connectivity index (χ3n) is 8.56. The molecule has 1 fully saturated rings. The van der Waals surface area contributed by atoms with E-state index in [2.05, 4.69) is 30.7 Å². The molecule has 0 saturated carbocycles. The summed E-state index contributed by atoms with van der Waals surface area (Å²) in [6, 6.07) is 12.7. The van der Waals surface area contributed by atoms with E-state index in [0.29, 0.717) is 6.42 Å². The van der Waals surface area contributed by atoms with Crippen LogP contribution in [0, 0.1) is 5.82 Å². The number of esters is 1. The molecule has 0 spiro atoms. The highest BCUT2D eigenvalue weighted by molar-refractivity contribution is 7.88. The molecule has 264 valence electrons. The van der Waals surface area contributed by atoms with Crippen LogP contribution in [0.15, 0.2) is 48.5 Å². The minimum absolute atomic E-state index is 0.0397. The maximum Gasteiger partial charge on any atom is 0.308 e. The summed E-state index contributed by atoms with van der Waals surface area (Å²) in [7, 11) is -3.37. The van der Waals surface area contributed by atoms with Gasteiger partial charge in [0.25, 0.3) is 0 Å². The first-order chi connectivity index (χ1) is 22.9. The van der Waals surface area contributed by atoms with Gasteiger partial charge in [0.15, 0.2) is 5.79 Å². The molecule has 1 N–H and O–H groups in total. The summed E-state index contributed by atoms with van der Waals surface area (Å²) in [6.45, 7) is 13.6. The number of carbonyl (C=O) groups excluding carboxylic acids is 1. The molecule has 0 unspecified atom stereocenters. The maximum atomic E-state index is 14.3. The van der Waals surface area contributed by atoms with E-state index < -0.39 is 21.4 Å². The molecule has 2 aromatic carbocycles. The molecule has 2 heterocycles.